The molecule has 3 aliphatic rings. The van der Waals surface area contributed by atoms with E-state index >= 15 is 0 Å². The van der Waals surface area contributed by atoms with E-state index in [9.17, 15) is 0 Å². The fourth-order valence-corrected chi connectivity index (χ4v) is 6.50. The third kappa shape index (κ3) is 6.62. The number of piperazine rings is 1. The molecule has 0 aromatic heterocycles. The van der Waals surface area contributed by atoms with Gasteiger partial charge in [-0.1, -0.05) is 27.7 Å². The van der Waals surface area contributed by atoms with E-state index in [-0.39, 0.29) is 12.4 Å². The fourth-order valence-electron chi connectivity index (χ4n) is 6.50. The maximum Gasteiger partial charge on any atom is 0.0605 e. The lowest BCUT2D eigenvalue weighted by Crippen LogP contribution is -2.47. The highest BCUT2D eigenvalue weighted by atomic mass is 35.5. The summed E-state index contributed by atoms with van der Waals surface area (Å²) in [7, 11) is 1.86. The molecular weight excluding hydrogens is 442 g/mol. The molecule has 1 aliphatic carbocycles. The molecule has 0 radical (unpaired) electrons. The number of hydrogen-bond donors (Lipinski definition) is 0. The third-order valence-electron chi connectivity index (χ3n) is 8.80. The van der Waals surface area contributed by atoms with E-state index in [2.05, 4.69) is 60.6 Å². The molecule has 0 spiro atoms. The monoisotopic (exact) mass is 491 g/mol. The van der Waals surface area contributed by atoms with Crippen LogP contribution in [0.1, 0.15) is 84.1 Å². The maximum absolute atomic E-state index is 5.62. The number of methoxy groups -OCH3 is 1. The zero-order valence-electron chi connectivity index (χ0n) is 22.5. The molecule has 2 saturated heterocycles. The lowest BCUT2D eigenvalue weighted by atomic mass is 9.68. The molecule has 34 heavy (non-hydrogen) atoms. The zero-order chi connectivity index (χ0) is 23.4. The normalized spacial score (nSPS) is 25.3. The number of anilines is 2. The van der Waals surface area contributed by atoms with Crippen LogP contribution in [-0.2, 0) is 4.74 Å². The van der Waals surface area contributed by atoms with Gasteiger partial charge in [-0.15, -0.1) is 12.4 Å². The minimum atomic E-state index is 0. The quantitative estimate of drug-likeness (QED) is 0.447. The lowest BCUT2D eigenvalue weighted by molar-refractivity contribution is 0.0819. The van der Waals surface area contributed by atoms with Gasteiger partial charge >= 0.3 is 0 Å². The van der Waals surface area contributed by atoms with Crippen molar-refractivity contribution in [2.75, 3.05) is 62.7 Å². The number of benzene rings is 1. The van der Waals surface area contributed by atoms with Crippen LogP contribution in [0.15, 0.2) is 18.2 Å². The molecule has 1 aromatic carbocycles. The maximum atomic E-state index is 5.62. The highest BCUT2D eigenvalue weighted by Gasteiger charge is 2.32. The third-order valence-corrected chi connectivity index (χ3v) is 8.80. The second-order valence-corrected chi connectivity index (χ2v) is 11.9. The summed E-state index contributed by atoms with van der Waals surface area (Å²) in [6, 6.07) is 7.46. The second-order valence-electron chi connectivity index (χ2n) is 11.9. The molecule has 3 fully saturated rings. The van der Waals surface area contributed by atoms with Crippen molar-refractivity contribution in [2.24, 2.45) is 11.3 Å². The Balaban J connectivity index is 0.00000324. The predicted octanol–water partition coefficient (Wildman–Crippen LogP) is 6.58. The van der Waals surface area contributed by atoms with Crippen molar-refractivity contribution in [3.63, 3.8) is 0 Å². The standard InChI is InChI=1S/C29H49N3O.ClH/c1-6-15-30-18-20-32(21-19-30)28-12-11-25(31-16-13-26(33-5)14-17-31)22-27(28)23-7-9-24(10-8-23)29(2,3)4;/h11-12,22-24,26H,6-10,13-21H2,1-5H3;1H. The molecule has 0 unspecified atom stereocenters. The van der Waals surface area contributed by atoms with E-state index in [0.717, 1.165) is 31.8 Å². The molecule has 0 bridgehead atoms. The van der Waals surface area contributed by atoms with Crippen molar-refractivity contribution in [3.05, 3.63) is 23.8 Å². The number of nitrogens with zero attached hydrogens (tertiary/aromatic N) is 3. The summed E-state index contributed by atoms with van der Waals surface area (Å²) in [5.41, 5.74) is 5.04. The minimum absolute atomic E-state index is 0. The van der Waals surface area contributed by atoms with E-state index in [1.807, 2.05) is 7.11 Å². The first kappa shape index (κ1) is 27.6. The summed E-state index contributed by atoms with van der Waals surface area (Å²) in [6.45, 7) is 17.8. The van der Waals surface area contributed by atoms with Crippen LogP contribution >= 0.6 is 12.4 Å². The van der Waals surface area contributed by atoms with Crippen LogP contribution < -0.4 is 9.80 Å². The smallest absolute Gasteiger partial charge is 0.0605 e. The topological polar surface area (TPSA) is 19.0 Å². The van der Waals surface area contributed by atoms with Gasteiger partial charge in [0, 0.05) is 57.8 Å². The highest BCUT2D eigenvalue weighted by Crippen LogP contribution is 2.46. The molecule has 4 rings (SSSR count). The molecule has 2 aliphatic heterocycles. The van der Waals surface area contributed by atoms with Crippen molar-refractivity contribution < 1.29 is 4.74 Å². The zero-order valence-corrected chi connectivity index (χ0v) is 23.3. The number of ether oxygens (including phenoxy) is 1. The van der Waals surface area contributed by atoms with Crippen LogP contribution in [0.2, 0.25) is 0 Å². The van der Waals surface area contributed by atoms with Crippen LogP contribution in [0.5, 0.6) is 0 Å². The van der Waals surface area contributed by atoms with E-state index in [4.69, 9.17) is 4.74 Å². The molecule has 1 saturated carbocycles. The Labute approximate surface area is 215 Å². The number of halogens is 1. The SMILES string of the molecule is CCCN1CCN(c2ccc(N3CCC(OC)CC3)cc2C2CCC(C(C)(C)C)CC2)CC1.Cl. The van der Waals surface area contributed by atoms with Crippen molar-refractivity contribution in [3.8, 4) is 0 Å². The molecule has 194 valence electrons. The van der Waals surface area contributed by atoms with Crippen LogP contribution in [-0.4, -0.2) is 63.9 Å². The van der Waals surface area contributed by atoms with E-state index in [0.29, 0.717) is 17.4 Å². The molecule has 4 nitrogen and oxygen atoms in total. The van der Waals surface area contributed by atoms with E-state index < -0.39 is 0 Å². The van der Waals surface area contributed by atoms with Crippen molar-refractivity contribution in [1.82, 2.24) is 4.90 Å². The van der Waals surface area contributed by atoms with Crippen LogP contribution in [0.25, 0.3) is 0 Å². The Morgan fingerprint density at radius 1 is 0.853 bits per heavy atom. The molecule has 1 aromatic rings. The Morgan fingerprint density at radius 3 is 2.06 bits per heavy atom. The lowest BCUT2D eigenvalue weighted by Gasteiger charge is -2.41. The first-order valence-corrected chi connectivity index (χ1v) is 13.8. The first-order chi connectivity index (χ1) is 15.9. The average Bonchev–Trinajstić information content (AvgIpc) is 2.84. The van der Waals surface area contributed by atoms with Crippen molar-refractivity contribution in [2.45, 2.75) is 84.7 Å². The molecule has 0 atom stereocenters. The Bertz CT molecular complexity index is 740. The Hall–Kier alpha value is -0.970. The molecule has 0 amide bonds. The molecule has 5 heteroatoms. The molecule has 2 heterocycles. The van der Waals surface area contributed by atoms with Gasteiger partial charge in [-0.05, 0) is 92.5 Å². The van der Waals surface area contributed by atoms with Gasteiger partial charge < -0.3 is 14.5 Å². The molecule has 0 N–H and O–H groups in total. The van der Waals surface area contributed by atoms with Crippen LogP contribution in [0.3, 0.4) is 0 Å². The van der Waals surface area contributed by atoms with E-state index in [1.165, 1.54) is 76.2 Å². The van der Waals surface area contributed by atoms with Gasteiger partial charge in [0.2, 0.25) is 0 Å². The van der Waals surface area contributed by atoms with Gasteiger partial charge in [0.25, 0.3) is 0 Å². The summed E-state index contributed by atoms with van der Waals surface area (Å²) in [5, 5.41) is 0. The summed E-state index contributed by atoms with van der Waals surface area (Å²) in [4.78, 5) is 7.93. The number of rotatable bonds is 6. The van der Waals surface area contributed by atoms with Crippen LogP contribution in [0, 0.1) is 11.3 Å². The van der Waals surface area contributed by atoms with Crippen molar-refractivity contribution in [1.29, 1.82) is 0 Å². The van der Waals surface area contributed by atoms with E-state index in [1.54, 1.807) is 5.56 Å². The number of hydrogen-bond acceptors (Lipinski definition) is 4. The Morgan fingerprint density at radius 2 is 1.50 bits per heavy atom. The second kappa shape index (κ2) is 12.3. The minimum Gasteiger partial charge on any atom is -0.381 e. The predicted molar refractivity (Wildman–Crippen MR) is 149 cm³/mol. The van der Waals surface area contributed by atoms with Gasteiger partial charge in [-0.2, -0.15) is 0 Å². The summed E-state index contributed by atoms with van der Waals surface area (Å²) >= 11 is 0. The summed E-state index contributed by atoms with van der Waals surface area (Å²) in [5.74, 6) is 1.58. The summed E-state index contributed by atoms with van der Waals surface area (Å²) < 4.78 is 5.62. The van der Waals surface area contributed by atoms with Gasteiger partial charge in [0.05, 0.1) is 6.10 Å². The molecular formula is C29H50ClN3O. The number of piperidine rings is 1. The van der Waals surface area contributed by atoms with Gasteiger partial charge in [-0.3, -0.25) is 4.90 Å². The fraction of sp³-hybridized carbons (Fsp3) is 0.793. The van der Waals surface area contributed by atoms with Gasteiger partial charge in [0.1, 0.15) is 0 Å². The average molecular weight is 492 g/mol. The largest absolute Gasteiger partial charge is 0.381 e. The van der Waals surface area contributed by atoms with Gasteiger partial charge in [0.15, 0.2) is 0 Å². The Kier molecular flexibility index (Phi) is 10.0. The summed E-state index contributed by atoms with van der Waals surface area (Å²) in [6.07, 6.45) is 9.43. The first-order valence-electron chi connectivity index (χ1n) is 13.8. The van der Waals surface area contributed by atoms with Crippen LogP contribution in [0.4, 0.5) is 11.4 Å². The highest BCUT2D eigenvalue weighted by molar-refractivity contribution is 5.85. The van der Waals surface area contributed by atoms with Gasteiger partial charge in [-0.25, -0.2) is 0 Å². The van der Waals surface area contributed by atoms with Crippen molar-refractivity contribution >= 4 is 23.8 Å².